The van der Waals surface area contributed by atoms with Crippen LogP contribution in [0.3, 0.4) is 0 Å². The van der Waals surface area contributed by atoms with Gasteiger partial charge in [0.1, 0.15) is 0 Å². The quantitative estimate of drug-likeness (QED) is 0.152. The van der Waals surface area contributed by atoms with Crippen molar-refractivity contribution in [3.05, 3.63) is 488 Å². The van der Waals surface area contributed by atoms with Crippen molar-refractivity contribution >= 4 is 131 Å². The highest BCUT2D eigenvalue weighted by Gasteiger charge is 2.36. The van der Waals surface area contributed by atoms with Crippen LogP contribution < -0.4 is 0 Å². The van der Waals surface area contributed by atoms with Crippen LogP contribution in [-0.4, -0.2) is 22.8 Å². The maximum Gasteiger partial charge on any atom is 0.0541 e. The molecule has 0 saturated carbocycles. The smallest absolute Gasteiger partial charge is 0.0541 e. The average Bonchev–Trinajstić information content (AvgIpc) is 1.56. The van der Waals surface area contributed by atoms with Crippen molar-refractivity contribution in [2.45, 2.75) is 53.9 Å². The molecule has 0 aliphatic heterocycles. The molecule has 5 heteroatoms. The molecule has 0 bridgehead atoms. The maximum atomic E-state index is 2.42. The van der Waals surface area contributed by atoms with Gasteiger partial charge in [0, 0.05) is 87.3 Å². The first-order valence-electron chi connectivity index (χ1n) is 44.9. The molecule has 129 heavy (non-hydrogen) atoms. The van der Waals surface area contributed by atoms with Gasteiger partial charge < -0.3 is 22.8 Å². The number of fused-ring (bicyclic) bond motifs is 20. The summed E-state index contributed by atoms with van der Waals surface area (Å²) in [6.07, 6.45) is 0. The third kappa shape index (κ3) is 14.1. The lowest BCUT2D eigenvalue weighted by Gasteiger charge is -2.22. The summed E-state index contributed by atoms with van der Waals surface area (Å²) in [6.45, 7) is 15.5. The van der Waals surface area contributed by atoms with Crippen LogP contribution in [0.15, 0.2) is 449 Å². The van der Waals surface area contributed by atoms with Crippen molar-refractivity contribution in [1.29, 1.82) is 0 Å². The number of aryl methyl sites for hydroxylation is 5. The predicted octanol–water partition coefficient (Wildman–Crippen LogP) is 33.4. The fraction of sp³-hybridized carbons (Fsp3) is 0.0645. The second-order valence-corrected chi connectivity index (χ2v) is 35.1. The van der Waals surface area contributed by atoms with Gasteiger partial charge in [0.15, 0.2) is 0 Å². The maximum absolute atomic E-state index is 2.42. The molecule has 0 saturated heterocycles. The first-order chi connectivity index (χ1) is 63.3. The van der Waals surface area contributed by atoms with Gasteiger partial charge in [-0.2, -0.15) is 0 Å². The van der Waals surface area contributed by atoms with Gasteiger partial charge in [0.2, 0.25) is 0 Å². The Kier molecular flexibility index (Phi) is 20.0. The molecular formula is C124H95N5. The Bertz CT molecular complexity index is 8630. The van der Waals surface area contributed by atoms with Crippen molar-refractivity contribution in [2.24, 2.45) is 0 Å². The van der Waals surface area contributed by atoms with Crippen molar-refractivity contribution < 1.29 is 0 Å². The lowest BCUT2D eigenvalue weighted by atomic mass is 9.82. The molecule has 26 rings (SSSR count). The third-order valence-corrected chi connectivity index (χ3v) is 26.4. The normalized spacial score (nSPS) is 12.1. The van der Waals surface area contributed by atoms with Gasteiger partial charge in [-0.05, 0) is 229 Å². The largest absolute Gasteiger partial charge is 0.309 e. The molecule has 0 atom stereocenters. The molecule has 0 unspecified atom stereocenters. The number of para-hydroxylation sites is 6. The predicted molar refractivity (Wildman–Crippen MR) is 551 cm³/mol. The molecule has 5 nitrogen and oxygen atoms in total. The average molecular weight is 1660 g/mol. The molecule has 1 aliphatic rings. The molecule has 0 fully saturated rings. The molecule has 0 spiro atoms. The topological polar surface area (TPSA) is 24.6 Å². The summed E-state index contributed by atoms with van der Waals surface area (Å²) in [5.41, 5.74) is 35.7. The molecule has 25 aromatic rings. The van der Waals surface area contributed by atoms with E-state index in [2.05, 4.69) is 520 Å². The minimum atomic E-state index is 0.0112. The molecular weight excluding hydrogens is 1560 g/mol. The summed E-state index contributed by atoms with van der Waals surface area (Å²) in [7, 11) is 0. The summed E-state index contributed by atoms with van der Waals surface area (Å²) in [4.78, 5) is 0. The second kappa shape index (κ2) is 32.8. The van der Waals surface area contributed by atoms with Crippen LogP contribution in [-0.2, 0) is 5.41 Å². The standard InChI is InChI=1S/C28H23N.2C25H19N.2C23H17N/c1-18-12-15-27-23(16-18)22-9-5-7-11-26(22)29(27)19-13-14-21-20-8-4-6-10-24(20)28(2,3)25(21)17-19;1-18-15-16-25-22(17-18)21-12-6-8-14-24(21)26(25)23-13-7-5-11-20(23)19-9-3-2-4-10-19;1-18-11-16-25-23(17-18)22-9-5-6-10-24(22)26(25)21-14-12-20(13-15-21)19-7-3-2-4-8-19;1-16-13-14-23-20(15-16)19-10-4-5-11-22(19)24(23)21-12-6-8-17-7-2-3-9-18(17)21;1-16-10-13-23-21(14-16)20-8-4-5-9-22(20)24(23)19-12-11-17-6-2-3-7-18(17)15-19/h4-17H,1-3H3;2*2-17H,1H3;2*2-15H,1H3. The van der Waals surface area contributed by atoms with Gasteiger partial charge in [-0.25, -0.2) is 0 Å². The molecule has 1 aliphatic carbocycles. The van der Waals surface area contributed by atoms with Crippen LogP contribution in [0.25, 0.3) is 192 Å². The van der Waals surface area contributed by atoms with Crippen LogP contribution in [0.2, 0.25) is 0 Å². The van der Waals surface area contributed by atoms with Gasteiger partial charge in [-0.3, -0.25) is 0 Å². The Balaban J connectivity index is 0.0000000949. The second-order valence-electron chi connectivity index (χ2n) is 35.1. The molecule has 0 radical (unpaired) electrons. The number of aromatic nitrogens is 5. The monoisotopic (exact) mass is 1650 g/mol. The van der Waals surface area contributed by atoms with Crippen molar-refractivity contribution in [3.63, 3.8) is 0 Å². The Hall–Kier alpha value is -16.1. The van der Waals surface area contributed by atoms with Gasteiger partial charge in [-0.1, -0.05) is 351 Å². The Morgan fingerprint density at radius 3 is 0.961 bits per heavy atom. The molecule has 0 amide bonds. The SMILES string of the molecule is Cc1ccc2c(c1)c1ccccc1n2-c1ccc(-c2ccccc2)cc1.Cc1ccc2c(c1)c1ccccc1n2-c1ccc2c(c1)C(C)(C)c1ccccc1-2.Cc1ccc2c(c1)c1ccccc1n2-c1ccc2ccccc2c1.Cc1ccc2c(c1)c1ccccc1n2-c1cccc2ccccc12.Cc1ccc2c(c1)c1ccccc1n2-c1ccccc1-c1ccccc1. The van der Waals surface area contributed by atoms with Crippen molar-refractivity contribution in [1.82, 2.24) is 22.8 Å². The van der Waals surface area contributed by atoms with Crippen LogP contribution in [0.4, 0.5) is 0 Å². The summed E-state index contributed by atoms with van der Waals surface area (Å²) >= 11 is 0. The molecule has 5 aromatic heterocycles. The van der Waals surface area contributed by atoms with Crippen LogP contribution >= 0.6 is 0 Å². The highest BCUT2D eigenvalue weighted by atomic mass is 15.0. The number of benzene rings is 20. The highest BCUT2D eigenvalue weighted by molar-refractivity contribution is 6.15. The fourth-order valence-electron chi connectivity index (χ4n) is 20.3. The lowest BCUT2D eigenvalue weighted by molar-refractivity contribution is 0.660. The van der Waals surface area contributed by atoms with Crippen LogP contribution in [0.1, 0.15) is 52.8 Å². The van der Waals surface area contributed by atoms with E-state index in [0.717, 1.165) is 0 Å². The summed E-state index contributed by atoms with van der Waals surface area (Å²) in [5, 5.41) is 18.2. The first kappa shape index (κ1) is 78.9. The van der Waals surface area contributed by atoms with Gasteiger partial charge in [0.05, 0.1) is 66.5 Å². The van der Waals surface area contributed by atoms with Crippen LogP contribution in [0.5, 0.6) is 0 Å². The van der Waals surface area contributed by atoms with Gasteiger partial charge in [-0.15, -0.1) is 0 Å². The first-order valence-corrected chi connectivity index (χ1v) is 44.9. The highest BCUT2D eigenvalue weighted by Crippen LogP contribution is 2.50. The van der Waals surface area contributed by atoms with Gasteiger partial charge >= 0.3 is 0 Å². The van der Waals surface area contributed by atoms with E-state index >= 15 is 0 Å². The number of hydrogen-bond donors (Lipinski definition) is 0. The molecule has 0 N–H and O–H groups in total. The van der Waals surface area contributed by atoms with E-state index in [1.165, 1.54) is 231 Å². The van der Waals surface area contributed by atoms with E-state index in [0.29, 0.717) is 0 Å². The van der Waals surface area contributed by atoms with Crippen LogP contribution in [0, 0.1) is 34.6 Å². The molecule has 616 valence electrons. The summed E-state index contributed by atoms with van der Waals surface area (Å²) < 4.78 is 11.9. The van der Waals surface area contributed by atoms with E-state index in [9.17, 15) is 0 Å². The Morgan fingerprint density at radius 2 is 0.473 bits per heavy atom. The summed E-state index contributed by atoms with van der Waals surface area (Å²) in [6, 6.07) is 162. The zero-order valence-electron chi connectivity index (χ0n) is 73.5. The minimum Gasteiger partial charge on any atom is -0.309 e. The number of nitrogens with zero attached hydrogens (tertiary/aromatic N) is 5. The minimum absolute atomic E-state index is 0.0112. The number of hydrogen-bond acceptors (Lipinski definition) is 0. The zero-order valence-corrected chi connectivity index (χ0v) is 73.5. The zero-order chi connectivity index (χ0) is 87.0. The van der Waals surface area contributed by atoms with E-state index in [-0.39, 0.29) is 5.41 Å². The number of rotatable bonds is 7. The van der Waals surface area contributed by atoms with E-state index in [4.69, 9.17) is 0 Å². The van der Waals surface area contributed by atoms with E-state index < -0.39 is 0 Å². The molecule has 5 heterocycles. The van der Waals surface area contributed by atoms with E-state index in [1.807, 2.05) is 0 Å². The summed E-state index contributed by atoms with van der Waals surface area (Å²) in [5.74, 6) is 0. The lowest BCUT2D eigenvalue weighted by Crippen LogP contribution is -2.15. The van der Waals surface area contributed by atoms with E-state index in [1.54, 1.807) is 0 Å². The van der Waals surface area contributed by atoms with Crippen molar-refractivity contribution in [3.8, 4) is 61.8 Å². The van der Waals surface area contributed by atoms with Crippen molar-refractivity contribution in [2.75, 3.05) is 0 Å². The fourth-order valence-corrected chi connectivity index (χ4v) is 20.3. The third-order valence-electron chi connectivity index (χ3n) is 26.4. The Labute approximate surface area is 751 Å². The van der Waals surface area contributed by atoms with Gasteiger partial charge in [0.25, 0.3) is 0 Å². The Morgan fingerprint density at radius 1 is 0.163 bits per heavy atom. The molecule has 20 aromatic carbocycles.